The number of amides is 2. The Kier molecular flexibility index (Phi) is 11.0. The number of nitrogens with one attached hydrogen (secondary N) is 1. The first kappa shape index (κ1) is 31.5. The molecule has 3 aromatic carbocycles. The highest BCUT2D eigenvalue weighted by molar-refractivity contribution is 7.92. The van der Waals surface area contributed by atoms with E-state index in [0.29, 0.717) is 34.3 Å². The first-order valence-corrected chi connectivity index (χ1v) is 15.3. The summed E-state index contributed by atoms with van der Waals surface area (Å²) in [5, 5.41) is 3.58. The molecule has 0 aliphatic heterocycles. The van der Waals surface area contributed by atoms with Crippen LogP contribution in [0.1, 0.15) is 38.3 Å². The van der Waals surface area contributed by atoms with Gasteiger partial charge in [0.15, 0.2) is 0 Å². The van der Waals surface area contributed by atoms with Crippen LogP contribution >= 0.6 is 23.2 Å². The smallest absolute Gasteiger partial charge is 0.264 e. The van der Waals surface area contributed by atoms with E-state index < -0.39 is 28.5 Å². The molecule has 214 valence electrons. The number of carbonyl (C=O) groups is 2. The summed E-state index contributed by atoms with van der Waals surface area (Å²) < 4.78 is 28.8. The first-order valence-electron chi connectivity index (χ1n) is 13.1. The Labute approximate surface area is 247 Å². The molecule has 0 bridgehead atoms. The fourth-order valence-corrected chi connectivity index (χ4v) is 6.09. The minimum absolute atomic E-state index is 0.0529. The van der Waals surface area contributed by atoms with Gasteiger partial charge in [0.25, 0.3) is 10.0 Å². The third-order valence-electron chi connectivity index (χ3n) is 6.39. The molecular formula is C30H35Cl2N3O4S. The summed E-state index contributed by atoms with van der Waals surface area (Å²) in [6.07, 6.45) is 0.299. The van der Waals surface area contributed by atoms with Gasteiger partial charge >= 0.3 is 0 Å². The lowest BCUT2D eigenvalue weighted by molar-refractivity contribution is -0.140. The molecule has 0 radical (unpaired) electrons. The number of hydrogen-bond acceptors (Lipinski definition) is 4. The van der Waals surface area contributed by atoms with Crippen molar-refractivity contribution in [2.75, 3.05) is 17.4 Å². The van der Waals surface area contributed by atoms with Crippen LogP contribution in [0.15, 0.2) is 77.7 Å². The van der Waals surface area contributed by atoms with Crippen LogP contribution in [0.2, 0.25) is 10.0 Å². The average molecular weight is 605 g/mol. The molecule has 0 aliphatic carbocycles. The molecule has 40 heavy (non-hydrogen) atoms. The van der Waals surface area contributed by atoms with Crippen LogP contribution in [0.3, 0.4) is 0 Å². The minimum atomic E-state index is -4.13. The van der Waals surface area contributed by atoms with E-state index in [4.69, 9.17) is 23.2 Å². The maximum absolute atomic E-state index is 14.1. The van der Waals surface area contributed by atoms with E-state index in [2.05, 4.69) is 5.32 Å². The highest BCUT2D eigenvalue weighted by atomic mass is 35.5. The fraction of sp³-hybridized carbons (Fsp3) is 0.333. The Morgan fingerprint density at radius 1 is 0.900 bits per heavy atom. The van der Waals surface area contributed by atoms with Crippen LogP contribution in [0.5, 0.6) is 0 Å². The minimum Gasteiger partial charge on any atom is -0.354 e. The molecule has 1 atom stereocenters. The Morgan fingerprint density at radius 2 is 1.50 bits per heavy atom. The van der Waals surface area contributed by atoms with E-state index in [1.54, 1.807) is 67.6 Å². The van der Waals surface area contributed by atoms with Crippen molar-refractivity contribution in [3.8, 4) is 0 Å². The highest BCUT2D eigenvalue weighted by Gasteiger charge is 2.34. The molecule has 0 saturated carbocycles. The number of benzene rings is 3. The van der Waals surface area contributed by atoms with Gasteiger partial charge in [0.1, 0.15) is 12.6 Å². The van der Waals surface area contributed by atoms with Crippen molar-refractivity contribution in [3.63, 3.8) is 0 Å². The van der Waals surface area contributed by atoms with Gasteiger partial charge in [0.2, 0.25) is 11.8 Å². The maximum atomic E-state index is 14.1. The quantitative estimate of drug-likeness (QED) is 0.272. The van der Waals surface area contributed by atoms with E-state index in [0.717, 1.165) is 9.87 Å². The third kappa shape index (κ3) is 7.77. The normalized spacial score (nSPS) is 12.2. The number of anilines is 1. The lowest BCUT2D eigenvalue weighted by atomic mass is 10.1. The number of sulfonamides is 1. The van der Waals surface area contributed by atoms with Gasteiger partial charge in [-0.25, -0.2) is 8.42 Å². The van der Waals surface area contributed by atoms with Crippen molar-refractivity contribution < 1.29 is 18.0 Å². The SMILES string of the molecule is CCC(C(=O)NCC(C)C)N(Cc1c(Cl)cccc1Cl)C(=O)CN(c1ccccc1)S(=O)(=O)c1ccc(C)cc1. The molecule has 0 aliphatic rings. The standard InChI is InChI=1S/C30H35Cl2N3O4S/c1-5-28(30(37)33-18-21(2)3)34(19-25-26(31)12-9-13-27(25)32)29(36)20-35(23-10-7-6-8-11-23)40(38,39)24-16-14-22(4)15-17-24/h6-17,21,28H,5,18-20H2,1-4H3,(H,33,37). The van der Waals surface area contributed by atoms with Crippen LogP contribution in [-0.2, 0) is 26.2 Å². The summed E-state index contributed by atoms with van der Waals surface area (Å²) in [6.45, 7) is 7.44. The first-order chi connectivity index (χ1) is 18.9. The fourth-order valence-electron chi connectivity index (χ4n) is 4.16. The van der Waals surface area contributed by atoms with Gasteiger partial charge in [0.05, 0.1) is 10.6 Å². The van der Waals surface area contributed by atoms with Crippen LogP contribution in [-0.4, -0.2) is 44.3 Å². The number of rotatable bonds is 12. The summed E-state index contributed by atoms with van der Waals surface area (Å²) in [7, 11) is -4.13. The van der Waals surface area contributed by atoms with Crippen molar-refractivity contribution in [3.05, 3.63) is 94.0 Å². The van der Waals surface area contributed by atoms with E-state index >= 15 is 0 Å². The molecule has 0 saturated heterocycles. The van der Waals surface area contributed by atoms with Crippen molar-refractivity contribution in [2.45, 2.75) is 51.6 Å². The highest BCUT2D eigenvalue weighted by Crippen LogP contribution is 2.28. The van der Waals surface area contributed by atoms with E-state index in [9.17, 15) is 18.0 Å². The van der Waals surface area contributed by atoms with Gasteiger partial charge in [0, 0.05) is 28.7 Å². The Hall–Kier alpha value is -3.07. The van der Waals surface area contributed by atoms with Crippen molar-refractivity contribution in [1.82, 2.24) is 10.2 Å². The largest absolute Gasteiger partial charge is 0.354 e. The molecule has 0 aromatic heterocycles. The molecule has 2 amide bonds. The van der Waals surface area contributed by atoms with E-state index in [1.165, 1.54) is 17.0 Å². The number of halogens is 2. The molecule has 3 rings (SSSR count). The lowest BCUT2D eigenvalue weighted by Gasteiger charge is -2.33. The van der Waals surface area contributed by atoms with Gasteiger partial charge in [-0.3, -0.25) is 13.9 Å². The van der Waals surface area contributed by atoms with Crippen LogP contribution < -0.4 is 9.62 Å². The molecule has 1 unspecified atom stereocenters. The predicted octanol–water partition coefficient (Wildman–Crippen LogP) is 6.08. The zero-order chi connectivity index (χ0) is 29.4. The number of hydrogen-bond donors (Lipinski definition) is 1. The monoisotopic (exact) mass is 603 g/mol. The summed E-state index contributed by atoms with van der Waals surface area (Å²) in [5.41, 5.74) is 1.70. The predicted molar refractivity (Wildman–Crippen MR) is 161 cm³/mol. The molecule has 3 aromatic rings. The van der Waals surface area contributed by atoms with E-state index in [1.807, 2.05) is 20.8 Å². The molecule has 7 nitrogen and oxygen atoms in total. The van der Waals surface area contributed by atoms with Crippen molar-refractivity contribution >= 4 is 50.7 Å². The summed E-state index contributed by atoms with van der Waals surface area (Å²) in [4.78, 5) is 28.8. The third-order valence-corrected chi connectivity index (χ3v) is 8.89. The molecule has 0 fully saturated rings. The zero-order valence-electron chi connectivity index (χ0n) is 23.1. The Morgan fingerprint density at radius 3 is 2.05 bits per heavy atom. The van der Waals surface area contributed by atoms with E-state index in [-0.39, 0.29) is 23.3 Å². The van der Waals surface area contributed by atoms with Crippen molar-refractivity contribution in [1.29, 1.82) is 0 Å². The number of aryl methyl sites for hydroxylation is 1. The second kappa shape index (κ2) is 14.0. The van der Waals surface area contributed by atoms with Gasteiger partial charge in [-0.1, -0.05) is 85.9 Å². The summed E-state index contributed by atoms with van der Waals surface area (Å²) in [5.74, 6) is -0.695. The second-order valence-electron chi connectivity index (χ2n) is 9.95. The molecule has 0 spiro atoms. The number of nitrogens with zero attached hydrogens (tertiary/aromatic N) is 2. The number of carbonyl (C=O) groups excluding carboxylic acids is 2. The Bertz CT molecular complexity index is 1390. The van der Waals surface area contributed by atoms with Crippen LogP contribution in [0.4, 0.5) is 5.69 Å². The zero-order valence-corrected chi connectivity index (χ0v) is 25.4. The average Bonchev–Trinajstić information content (AvgIpc) is 2.92. The van der Waals surface area contributed by atoms with Crippen molar-refractivity contribution in [2.24, 2.45) is 5.92 Å². The second-order valence-corrected chi connectivity index (χ2v) is 12.6. The lowest BCUT2D eigenvalue weighted by Crippen LogP contribution is -2.52. The van der Waals surface area contributed by atoms with Crippen LogP contribution in [0, 0.1) is 12.8 Å². The Balaban J connectivity index is 2.06. The van der Waals surface area contributed by atoms with Gasteiger partial charge < -0.3 is 10.2 Å². The molecular weight excluding hydrogens is 569 g/mol. The molecule has 10 heteroatoms. The van der Waals surface area contributed by atoms with Gasteiger partial charge in [-0.15, -0.1) is 0 Å². The molecule has 1 N–H and O–H groups in total. The van der Waals surface area contributed by atoms with Gasteiger partial charge in [-0.05, 0) is 55.7 Å². The van der Waals surface area contributed by atoms with Gasteiger partial charge in [-0.2, -0.15) is 0 Å². The summed E-state index contributed by atoms with van der Waals surface area (Å²) >= 11 is 12.9. The molecule has 0 heterocycles. The maximum Gasteiger partial charge on any atom is 0.264 e. The van der Waals surface area contributed by atoms with Crippen LogP contribution in [0.25, 0.3) is 0 Å². The summed E-state index contributed by atoms with van der Waals surface area (Å²) in [6, 6.07) is 19.0. The topological polar surface area (TPSA) is 86.8 Å². The number of para-hydroxylation sites is 1.